The lowest BCUT2D eigenvalue weighted by molar-refractivity contribution is -0.147. The van der Waals surface area contributed by atoms with Gasteiger partial charge in [0.15, 0.2) is 0 Å². The second-order valence-corrected chi connectivity index (χ2v) is 11.6. The van der Waals surface area contributed by atoms with E-state index in [1.807, 2.05) is 0 Å². The summed E-state index contributed by atoms with van der Waals surface area (Å²) in [6.45, 7) is 3.01. The SMILES string of the molecule is CC(C)(S)C(=O)OCc1ccc(NC(=O)[C@H](CCCNC(N)=O)NC(=O)[C@H](CC(N)=O)NC(=O)CCN2C(=O)C=CC2=O)cc1. The molecule has 1 aromatic carbocycles. The third-order valence-corrected chi connectivity index (χ3v) is 6.40. The Balaban J connectivity index is 2.07. The molecule has 0 saturated heterocycles. The largest absolute Gasteiger partial charge is 0.460 e. The van der Waals surface area contributed by atoms with Gasteiger partial charge in [0.1, 0.15) is 23.4 Å². The van der Waals surface area contributed by atoms with Gasteiger partial charge in [0.05, 0.1) is 6.42 Å². The number of benzene rings is 1. The van der Waals surface area contributed by atoms with Gasteiger partial charge in [-0.2, -0.15) is 12.6 Å². The zero-order valence-corrected chi connectivity index (χ0v) is 25.7. The number of carbonyl (C=O) groups excluding carboxylic acids is 8. The van der Waals surface area contributed by atoms with Crippen molar-refractivity contribution in [2.75, 3.05) is 18.4 Å². The number of thiol groups is 1. The van der Waals surface area contributed by atoms with Gasteiger partial charge in [-0.15, -0.1) is 0 Å². The molecule has 0 saturated carbocycles. The molecule has 1 aliphatic rings. The predicted molar refractivity (Wildman–Crippen MR) is 163 cm³/mol. The van der Waals surface area contributed by atoms with Crippen molar-refractivity contribution in [2.24, 2.45) is 11.5 Å². The van der Waals surface area contributed by atoms with Crippen molar-refractivity contribution < 1.29 is 43.1 Å². The summed E-state index contributed by atoms with van der Waals surface area (Å²) in [7, 11) is 0. The standard InChI is InChI=1S/C28H37N7O9S/c1-28(2,45)26(42)44-15-16-5-7-17(8-6-16)32-24(40)18(4-3-12-31-27(30)43)34-25(41)19(14-20(29)36)33-21(37)11-13-35-22(38)9-10-23(35)39/h5-10,18-19,45H,3-4,11-15H2,1-2H3,(H2,29,36)(H,32,40)(H,33,37)(H,34,41)(H3,30,31,43)/t18-,19-/m0/s1. The van der Waals surface area contributed by atoms with Crippen molar-refractivity contribution >= 4 is 65.8 Å². The Labute approximate surface area is 264 Å². The zero-order valence-electron chi connectivity index (χ0n) is 24.8. The summed E-state index contributed by atoms with van der Waals surface area (Å²) in [4.78, 5) is 97.8. The van der Waals surface area contributed by atoms with E-state index < -0.39 is 70.7 Å². The number of hydrogen-bond acceptors (Lipinski definition) is 10. The highest BCUT2D eigenvalue weighted by atomic mass is 32.1. The van der Waals surface area contributed by atoms with Crippen molar-refractivity contribution in [3.05, 3.63) is 42.0 Å². The number of imide groups is 1. The minimum absolute atomic E-state index is 0.0168. The summed E-state index contributed by atoms with van der Waals surface area (Å²) < 4.78 is 4.24. The number of rotatable bonds is 17. The molecular formula is C28H37N7O9S. The highest BCUT2D eigenvalue weighted by molar-refractivity contribution is 7.82. The van der Waals surface area contributed by atoms with Crippen LogP contribution in [-0.2, 0) is 44.9 Å². The van der Waals surface area contributed by atoms with E-state index in [2.05, 4.69) is 33.9 Å². The molecule has 16 nitrogen and oxygen atoms in total. The maximum Gasteiger partial charge on any atom is 0.321 e. The van der Waals surface area contributed by atoms with Gasteiger partial charge < -0.3 is 37.5 Å². The molecule has 0 spiro atoms. The fourth-order valence-corrected chi connectivity index (χ4v) is 3.90. The Kier molecular flexibility index (Phi) is 13.5. The number of nitrogens with zero attached hydrogens (tertiary/aromatic N) is 1. The summed E-state index contributed by atoms with van der Waals surface area (Å²) in [6, 6.07) is 2.92. The van der Waals surface area contributed by atoms with Crippen LogP contribution in [0.15, 0.2) is 36.4 Å². The molecule has 0 aliphatic carbocycles. The molecule has 0 unspecified atom stereocenters. The molecule has 8 amide bonds. The zero-order chi connectivity index (χ0) is 33.7. The first-order valence-electron chi connectivity index (χ1n) is 13.8. The minimum Gasteiger partial charge on any atom is -0.460 e. The summed E-state index contributed by atoms with van der Waals surface area (Å²) >= 11 is 4.16. The van der Waals surface area contributed by atoms with E-state index >= 15 is 0 Å². The van der Waals surface area contributed by atoms with Crippen LogP contribution < -0.4 is 32.7 Å². The molecule has 0 aromatic heterocycles. The molecule has 0 bridgehead atoms. The molecule has 0 fully saturated rings. The van der Waals surface area contributed by atoms with Crippen molar-refractivity contribution in [1.29, 1.82) is 0 Å². The summed E-state index contributed by atoms with van der Waals surface area (Å²) in [5, 5.41) is 9.87. The van der Waals surface area contributed by atoms with Gasteiger partial charge in [-0.1, -0.05) is 12.1 Å². The van der Waals surface area contributed by atoms with Gasteiger partial charge in [0.25, 0.3) is 11.8 Å². The third kappa shape index (κ3) is 12.7. The molecule has 17 heteroatoms. The Bertz CT molecular complexity index is 1320. The van der Waals surface area contributed by atoms with Crippen molar-refractivity contribution in [3.63, 3.8) is 0 Å². The fraction of sp³-hybridized carbons (Fsp3) is 0.429. The summed E-state index contributed by atoms with van der Waals surface area (Å²) in [5.41, 5.74) is 11.3. The molecule has 1 heterocycles. The van der Waals surface area contributed by atoms with Crippen molar-refractivity contribution in [3.8, 4) is 0 Å². The Morgan fingerprint density at radius 2 is 1.56 bits per heavy atom. The highest BCUT2D eigenvalue weighted by Gasteiger charge is 2.29. The first-order chi connectivity index (χ1) is 21.1. The molecule has 1 aromatic rings. The molecule has 2 rings (SSSR count). The number of nitrogens with one attached hydrogen (secondary N) is 4. The van der Waals surface area contributed by atoms with E-state index in [4.69, 9.17) is 16.2 Å². The lowest BCUT2D eigenvalue weighted by atomic mass is 10.1. The normalized spacial score (nSPS) is 13.9. The molecule has 45 heavy (non-hydrogen) atoms. The number of carbonyl (C=O) groups is 8. The highest BCUT2D eigenvalue weighted by Crippen LogP contribution is 2.17. The maximum absolute atomic E-state index is 13.2. The van der Waals surface area contributed by atoms with Crippen LogP contribution in [0.2, 0.25) is 0 Å². The van der Waals surface area contributed by atoms with Crippen LogP contribution in [0.4, 0.5) is 10.5 Å². The number of esters is 1. The summed E-state index contributed by atoms with van der Waals surface area (Å²) in [5.74, 6) is -4.90. The van der Waals surface area contributed by atoms with Crippen LogP contribution in [0.25, 0.3) is 0 Å². The van der Waals surface area contributed by atoms with E-state index in [9.17, 15) is 38.4 Å². The minimum atomic E-state index is -1.47. The Hall–Kier alpha value is -4.93. The number of amides is 8. The Morgan fingerprint density at radius 3 is 2.11 bits per heavy atom. The van der Waals surface area contributed by atoms with E-state index in [-0.39, 0.29) is 39.0 Å². The Morgan fingerprint density at radius 1 is 0.933 bits per heavy atom. The predicted octanol–water partition coefficient (Wildman–Crippen LogP) is -1.01. The van der Waals surface area contributed by atoms with Crippen molar-refractivity contribution in [1.82, 2.24) is 20.9 Å². The van der Waals surface area contributed by atoms with Crippen LogP contribution >= 0.6 is 12.6 Å². The third-order valence-electron chi connectivity index (χ3n) is 6.21. The number of hydrogen-bond donors (Lipinski definition) is 7. The number of anilines is 1. The first-order valence-corrected chi connectivity index (χ1v) is 14.3. The smallest absolute Gasteiger partial charge is 0.321 e. The number of primary amides is 2. The van der Waals surface area contributed by atoms with E-state index in [1.165, 1.54) is 0 Å². The van der Waals surface area contributed by atoms with Gasteiger partial charge in [-0.05, 0) is 44.4 Å². The van der Waals surface area contributed by atoms with Gasteiger partial charge in [0.2, 0.25) is 23.6 Å². The quantitative estimate of drug-likeness (QED) is 0.0473. The molecule has 0 radical (unpaired) electrons. The number of nitrogens with two attached hydrogens (primary N) is 2. The topological polar surface area (TPSA) is 249 Å². The van der Waals surface area contributed by atoms with Gasteiger partial charge in [-0.25, -0.2) is 4.79 Å². The average molecular weight is 648 g/mol. The van der Waals surface area contributed by atoms with Crippen molar-refractivity contribution in [2.45, 2.75) is 63.0 Å². The van der Waals surface area contributed by atoms with Crippen LogP contribution in [0.5, 0.6) is 0 Å². The van der Waals surface area contributed by atoms with E-state index in [0.717, 1.165) is 17.1 Å². The molecule has 1 aliphatic heterocycles. The second-order valence-electron chi connectivity index (χ2n) is 10.5. The molecular weight excluding hydrogens is 610 g/mol. The average Bonchev–Trinajstić information content (AvgIpc) is 3.27. The lowest BCUT2D eigenvalue weighted by Crippen LogP contribution is -2.54. The van der Waals surface area contributed by atoms with Gasteiger partial charge in [0, 0.05) is 37.3 Å². The van der Waals surface area contributed by atoms with Gasteiger partial charge in [-0.3, -0.25) is 38.5 Å². The van der Waals surface area contributed by atoms with E-state index in [0.29, 0.717) is 11.3 Å². The van der Waals surface area contributed by atoms with E-state index in [1.54, 1.807) is 38.1 Å². The molecule has 244 valence electrons. The van der Waals surface area contributed by atoms with Crippen LogP contribution in [0.1, 0.15) is 45.1 Å². The fourth-order valence-electron chi connectivity index (χ4n) is 3.84. The lowest BCUT2D eigenvalue weighted by Gasteiger charge is -2.23. The van der Waals surface area contributed by atoms with Crippen LogP contribution in [0, 0.1) is 0 Å². The second kappa shape index (κ2) is 16.8. The summed E-state index contributed by atoms with van der Waals surface area (Å²) in [6.07, 6.45) is 1.40. The molecule has 2 atom stereocenters. The van der Waals surface area contributed by atoms with Gasteiger partial charge >= 0.3 is 12.0 Å². The van der Waals surface area contributed by atoms with Crippen LogP contribution in [-0.4, -0.2) is 82.3 Å². The number of urea groups is 1. The number of ether oxygens (including phenoxy) is 1. The van der Waals surface area contributed by atoms with Crippen LogP contribution in [0.3, 0.4) is 0 Å². The first kappa shape index (κ1) is 36.3. The monoisotopic (exact) mass is 647 g/mol. The maximum atomic E-state index is 13.2. The molecule has 8 N–H and O–H groups in total.